The van der Waals surface area contributed by atoms with E-state index < -0.39 is 16.6 Å². The summed E-state index contributed by atoms with van der Waals surface area (Å²) in [4.78, 5) is 20.2. The average Bonchev–Trinajstić information content (AvgIpc) is 1.64. The highest BCUT2D eigenvalue weighted by molar-refractivity contribution is 9.09. The minimum atomic E-state index is -1.33. The molecule has 0 saturated carbocycles. The number of carbonyl (C=O) groups excluding carboxylic acids is 2. The van der Waals surface area contributed by atoms with Gasteiger partial charge in [-0.15, -0.1) is 0 Å². The molecule has 0 rings (SSSR count). The first-order chi connectivity index (χ1) is 3.55. The zero-order chi connectivity index (χ0) is 6.73. The Bertz CT molecular complexity index is 118. The molecule has 0 aromatic heterocycles. The van der Waals surface area contributed by atoms with Crippen LogP contribution in [0.3, 0.4) is 0 Å². The Morgan fingerprint density at radius 1 is 1.62 bits per heavy atom. The Hall–Kier alpha value is -0.220. The van der Waals surface area contributed by atoms with Crippen LogP contribution in [-0.2, 0) is 9.59 Å². The van der Waals surface area contributed by atoms with Crippen molar-refractivity contribution in [2.45, 2.75) is 11.9 Å². The third-order valence-corrected chi connectivity index (χ3v) is 0.979. The van der Waals surface area contributed by atoms with E-state index in [1.54, 1.807) is 0 Å². The minimum absolute atomic E-state index is 0.644. The number of Topliss-reactive ketones (excluding diaryl/α,β-unsaturated/α-hetero) is 2. The molecule has 3 nitrogen and oxygen atoms in total. The summed E-state index contributed by atoms with van der Waals surface area (Å²) in [6.07, 6.45) is 0. The molecule has 0 aromatic carbocycles. The van der Waals surface area contributed by atoms with Crippen molar-refractivity contribution in [2.24, 2.45) is 0 Å². The van der Waals surface area contributed by atoms with Crippen LogP contribution in [-0.4, -0.2) is 21.7 Å². The summed E-state index contributed by atoms with van der Waals surface area (Å²) in [7, 11) is 0. The van der Waals surface area contributed by atoms with Gasteiger partial charge >= 0.3 is 0 Å². The first-order valence-electron chi connectivity index (χ1n) is 1.92. The van der Waals surface area contributed by atoms with Crippen LogP contribution < -0.4 is 0 Å². The number of alkyl halides is 1. The van der Waals surface area contributed by atoms with Crippen LogP contribution in [0.15, 0.2) is 0 Å². The molecule has 0 aliphatic carbocycles. The van der Waals surface area contributed by atoms with E-state index in [0.717, 1.165) is 6.92 Å². The third kappa shape index (κ3) is 2.18. The van der Waals surface area contributed by atoms with Crippen molar-refractivity contribution < 1.29 is 14.7 Å². The van der Waals surface area contributed by atoms with E-state index in [2.05, 4.69) is 15.9 Å². The molecule has 0 aliphatic heterocycles. The lowest BCUT2D eigenvalue weighted by molar-refractivity contribution is -0.137. The van der Waals surface area contributed by atoms with Crippen molar-refractivity contribution in [1.82, 2.24) is 0 Å². The van der Waals surface area contributed by atoms with E-state index in [1.165, 1.54) is 0 Å². The molecule has 0 bridgehead atoms. The summed E-state index contributed by atoms with van der Waals surface area (Å²) in [6.45, 7) is 1.10. The lowest BCUT2D eigenvalue weighted by Gasteiger charge is -1.92. The molecule has 46 valence electrons. The fourth-order valence-electron chi connectivity index (χ4n) is 0.168. The van der Waals surface area contributed by atoms with Crippen molar-refractivity contribution in [3.63, 3.8) is 0 Å². The van der Waals surface area contributed by atoms with Crippen LogP contribution in [0.2, 0.25) is 0 Å². The molecule has 0 spiro atoms. The molecule has 0 aromatic rings. The number of halogens is 1. The lowest BCUT2D eigenvalue weighted by atomic mass is 10.3. The van der Waals surface area contributed by atoms with E-state index in [-0.39, 0.29) is 0 Å². The van der Waals surface area contributed by atoms with Crippen LogP contribution in [0.1, 0.15) is 6.92 Å². The second-order valence-electron chi connectivity index (χ2n) is 1.26. The highest BCUT2D eigenvalue weighted by Gasteiger charge is 2.14. The monoisotopic (exact) mass is 180 g/mol. The SMILES string of the molecule is CC(=O)C(=O)C(O)Br. The van der Waals surface area contributed by atoms with Crippen LogP contribution in [0, 0.1) is 0 Å². The maximum atomic E-state index is 10.2. The van der Waals surface area contributed by atoms with Gasteiger partial charge in [-0.3, -0.25) is 9.59 Å². The second-order valence-corrected chi connectivity index (χ2v) is 2.12. The van der Waals surface area contributed by atoms with Gasteiger partial charge in [-0.1, -0.05) is 0 Å². The van der Waals surface area contributed by atoms with Crippen molar-refractivity contribution in [2.75, 3.05) is 0 Å². The van der Waals surface area contributed by atoms with Gasteiger partial charge in [0.05, 0.1) is 0 Å². The number of ketones is 2. The molecule has 0 saturated heterocycles. The normalized spacial score (nSPS) is 12.9. The number of hydrogen-bond acceptors (Lipinski definition) is 3. The van der Waals surface area contributed by atoms with Gasteiger partial charge in [0.15, 0.2) is 10.8 Å². The first-order valence-corrected chi connectivity index (χ1v) is 2.84. The van der Waals surface area contributed by atoms with Gasteiger partial charge < -0.3 is 5.11 Å². The topological polar surface area (TPSA) is 54.4 Å². The predicted molar refractivity (Wildman–Crippen MR) is 30.6 cm³/mol. The molecular formula is C4H5BrO3. The summed E-state index contributed by atoms with van der Waals surface area (Å²) < 4.78 is 0. The summed E-state index contributed by atoms with van der Waals surface area (Å²) in [5.41, 5.74) is 0. The van der Waals surface area contributed by atoms with Crippen LogP contribution in [0.5, 0.6) is 0 Å². The Labute approximate surface area is 54.8 Å². The number of carbonyl (C=O) groups is 2. The largest absolute Gasteiger partial charge is 0.374 e. The summed E-state index contributed by atoms with van der Waals surface area (Å²) in [6, 6.07) is 0. The fraction of sp³-hybridized carbons (Fsp3) is 0.500. The Kier molecular flexibility index (Phi) is 2.86. The van der Waals surface area contributed by atoms with Crippen molar-refractivity contribution in [3.05, 3.63) is 0 Å². The highest BCUT2D eigenvalue weighted by Crippen LogP contribution is 1.94. The van der Waals surface area contributed by atoms with Gasteiger partial charge in [-0.2, -0.15) is 0 Å². The van der Waals surface area contributed by atoms with Gasteiger partial charge in [0, 0.05) is 6.92 Å². The van der Waals surface area contributed by atoms with E-state index in [9.17, 15) is 9.59 Å². The summed E-state index contributed by atoms with van der Waals surface area (Å²) in [5, 5.41) is 7.00. The van der Waals surface area contributed by atoms with Gasteiger partial charge in [-0.05, 0) is 15.9 Å². The van der Waals surface area contributed by atoms with E-state index in [1.807, 2.05) is 0 Å². The number of hydrogen-bond donors (Lipinski definition) is 1. The van der Waals surface area contributed by atoms with Crippen molar-refractivity contribution in [3.8, 4) is 0 Å². The van der Waals surface area contributed by atoms with Crippen molar-refractivity contribution in [1.29, 1.82) is 0 Å². The standard InChI is InChI=1S/C4H5BrO3/c1-2(6)3(7)4(5)8/h4,8H,1H3. The zero-order valence-electron chi connectivity index (χ0n) is 4.22. The summed E-state index contributed by atoms with van der Waals surface area (Å²) in [5.74, 6) is -1.46. The van der Waals surface area contributed by atoms with Gasteiger partial charge in [0.2, 0.25) is 5.78 Å². The highest BCUT2D eigenvalue weighted by atomic mass is 79.9. The van der Waals surface area contributed by atoms with E-state index in [0.29, 0.717) is 0 Å². The van der Waals surface area contributed by atoms with Gasteiger partial charge in [0.25, 0.3) is 0 Å². The van der Waals surface area contributed by atoms with Crippen LogP contribution in [0.4, 0.5) is 0 Å². The smallest absolute Gasteiger partial charge is 0.237 e. The lowest BCUT2D eigenvalue weighted by Crippen LogP contribution is -2.20. The maximum absolute atomic E-state index is 10.2. The molecule has 0 heterocycles. The average molecular weight is 181 g/mol. The summed E-state index contributed by atoms with van der Waals surface area (Å²) >= 11 is 2.53. The molecule has 1 N–H and O–H groups in total. The zero-order valence-corrected chi connectivity index (χ0v) is 5.81. The second kappa shape index (κ2) is 2.94. The molecule has 1 unspecified atom stereocenters. The Morgan fingerprint density at radius 3 is 2.00 bits per heavy atom. The Morgan fingerprint density at radius 2 is 2.00 bits per heavy atom. The molecule has 0 aliphatic rings. The quantitative estimate of drug-likeness (QED) is 0.476. The molecule has 4 heteroatoms. The molecule has 0 fully saturated rings. The van der Waals surface area contributed by atoms with E-state index in [4.69, 9.17) is 5.11 Å². The van der Waals surface area contributed by atoms with E-state index >= 15 is 0 Å². The number of aliphatic hydroxyl groups is 1. The number of rotatable bonds is 2. The van der Waals surface area contributed by atoms with Gasteiger partial charge in [0.1, 0.15) is 0 Å². The molecular weight excluding hydrogens is 176 g/mol. The molecule has 0 amide bonds. The van der Waals surface area contributed by atoms with Crippen LogP contribution >= 0.6 is 15.9 Å². The minimum Gasteiger partial charge on any atom is -0.374 e. The number of aliphatic hydroxyl groups excluding tert-OH is 1. The Balaban J connectivity index is 3.84. The van der Waals surface area contributed by atoms with Crippen molar-refractivity contribution >= 4 is 27.5 Å². The van der Waals surface area contributed by atoms with Gasteiger partial charge in [-0.25, -0.2) is 0 Å². The molecule has 1 atom stereocenters. The first kappa shape index (κ1) is 7.78. The predicted octanol–water partition coefficient (Wildman–Crippen LogP) is -0.142. The molecule has 8 heavy (non-hydrogen) atoms. The third-order valence-electron chi connectivity index (χ3n) is 0.563. The van der Waals surface area contributed by atoms with Crippen LogP contribution in [0.25, 0.3) is 0 Å². The fourth-order valence-corrected chi connectivity index (χ4v) is 0.490. The molecule has 0 radical (unpaired) electrons. The maximum Gasteiger partial charge on any atom is 0.237 e.